The molecule has 0 atom stereocenters. The molecular formula is C20H22N4O3S. The van der Waals surface area contributed by atoms with Crippen molar-refractivity contribution in [1.82, 2.24) is 19.9 Å². The average molecular weight is 398 g/mol. The topological polar surface area (TPSA) is 86.1 Å². The van der Waals surface area contributed by atoms with E-state index in [0.717, 1.165) is 18.4 Å². The first-order valence-electron chi connectivity index (χ1n) is 9.37. The van der Waals surface area contributed by atoms with Crippen LogP contribution in [0.1, 0.15) is 46.5 Å². The Labute approximate surface area is 166 Å². The minimum atomic E-state index is -0.211. The predicted molar refractivity (Wildman–Crippen MR) is 108 cm³/mol. The van der Waals surface area contributed by atoms with Crippen LogP contribution in [0.3, 0.4) is 0 Å². The number of rotatable bonds is 5. The van der Waals surface area contributed by atoms with Gasteiger partial charge in [0.2, 0.25) is 5.88 Å². The Morgan fingerprint density at radius 1 is 1.36 bits per heavy atom. The minimum Gasteiger partial charge on any atom is -0.474 e. The van der Waals surface area contributed by atoms with Gasteiger partial charge in [0.05, 0.1) is 16.6 Å². The summed E-state index contributed by atoms with van der Waals surface area (Å²) in [6, 6.07) is 3.73. The van der Waals surface area contributed by atoms with E-state index in [1.165, 1.54) is 35.1 Å². The van der Waals surface area contributed by atoms with Crippen LogP contribution < -0.4 is 15.6 Å². The first-order chi connectivity index (χ1) is 13.5. The number of hydrogen-bond donors (Lipinski definition) is 1. The van der Waals surface area contributed by atoms with Gasteiger partial charge in [-0.3, -0.25) is 9.59 Å². The van der Waals surface area contributed by atoms with E-state index in [1.807, 2.05) is 12.1 Å². The van der Waals surface area contributed by atoms with E-state index in [0.29, 0.717) is 33.1 Å². The largest absolute Gasteiger partial charge is 0.474 e. The van der Waals surface area contributed by atoms with Crippen molar-refractivity contribution in [3.63, 3.8) is 0 Å². The Morgan fingerprint density at radius 2 is 2.14 bits per heavy atom. The van der Waals surface area contributed by atoms with Gasteiger partial charge in [0.1, 0.15) is 10.9 Å². The number of thiophene rings is 1. The SMILES string of the molecule is Cc1c(C(=O)NCc2ccnc(OC3CCCC3)c2)sc2ncn(C)c(=O)c12. The Kier molecular flexibility index (Phi) is 5.13. The molecule has 28 heavy (non-hydrogen) atoms. The lowest BCUT2D eigenvalue weighted by Gasteiger charge is -2.12. The number of aryl methyl sites for hydroxylation is 2. The van der Waals surface area contributed by atoms with Crippen LogP contribution >= 0.6 is 11.3 Å². The van der Waals surface area contributed by atoms with Gasteiger partial charge in [-0.1, -0.05) is 0 Å². The molecule has 0 spiro atoms. The molecule has 0 saturated heterocycles. The van der Waals surface area contributed by atoms with Crippen LogP contribution in [0, 0.1) is 6.92 Å². The van der Waals surface area contributed by atoms with Crippen LogP contribution in [0.15, 0.2) is 29.5 Å². The molecule has 0 radical (unpaired) electrons. The molecule has 1 aliphatic rings. The summed E-state index contributed by atoms with van der Waals surface area (Å²) < 4.78 is 7.35. The number of aromatic nitrogens is 3. The van der Waals surface area contributed by atoms with Crippen LogP contribution in [-0.2, 0) is 13.6 Å². The van der Waals surface area contributed by atoms with Crippen molar-refractivity contribution in [2.75, 3.05) is 0 Å². The fourth-order valence-electron chi connectivity index (χ4n) is 3.49. The summed E-state index contributed by atoms with van der Waals surface area (Å²) >= 11 is 1.24. The number of ether oxygens (including phenoxy) is 1. The van der Waals surface area contributed by atoms with E-state index in [1.54, 1.807) is 20.2 Å². The summed E-state index contributed by atoms with van der Waals surface area (Å²) in [6.45, 7) is 2.15. The molecule has 3 heterocycles. The summed E-state index contributed by atoms with van der Waals surface area (Å²) in [5, 5.41) is 3.43. The second kappa shape index (κ2) is 7.71. The van der Waals surface area contributed by atoms with E-state index >= 15 is 0 Å². The van der Waals surface area contributed by atoms with Crippen molar-refractivity contribution in [3.05, 3.63) is 51.0 Å². The highest BCUT2D eigenvalue weighted by Crippen LogP contribution is 2.27. The molecule has 3 aromatic heterocycles. The lowest BCUT2D eigenvalue weighted by Crippen LogP contribution is -2.23. The highest BCUT2D eigenvalue weighted by molar-refractivity contribution is 7.20. The minimum absolute atomic E-state index is 0.138. The fourth-order valence-corrected chi connectivity index (χ4v) is 4.55. The molecule has 0 bridgehead atoms. The molecule has 7 nitrogen and oxygen atoms in total. The summed E-state index contributed by atoms with van der Waals surface area (Å²) in [7, 11) is 1.65. The maximum atomic E-state index is 12.7. The highest BCUT2D eigenvalue weighted by Gasteiger charge is 2.19. The molecule has 4 rings (SSSR count). The Hall–Kier alpha value is -2.74. The van der Waals surface area contributed by atoms with Crippen molar-refractivity contribution in [3.8, 4) is 5.88 Å². The number of nitrogens with one attached hydrogen (secondary N) is 1. The number of carbonyl (C=O) groups is 1. The standard InChI is InChI=1S/C20H22N4O3S/c1-12-16-19(23-11-24(2)20(16)26)28-17(12)18(25)22-10-13-7-8-21-15(9-13)27-14-5-3-4-6-14/h7-9,11,14H,3-6,10H2,1-2H3,(H,22,25). The molecule has 146 valence electrons. The quantitative estimate of drug-likeness (QED) is 0.714. The Balaban J connectivity index is 1.47. The van der Waals surface area contributed by atoms with Crippen molar-refractivity contribution in [2.24, 2.45) is 7.05 Å². The lowest BCUT2D eigenvalue weighted by molar-refractivity contribution is 0.0954. The Morgan fingerprint density at radius 3 is 2.93 bits per heavy atom. The van der Waals surface area contributed by atoms with Gasteiger partial charge < -0.3 is 14.6 Å². The lowest BCUT2D eigenvalue weighted by atomic mass is 10.2. The van der Waals surface area contributed by atoms with Crippen molar-refractivity contribution in [1.29, 1.82) is 0 Å². The van der Waals surface area contributed by atoms with E-state index in [9.17, 15) is 9.59 Å². The maximum absolute atomic E-state index is 12.7. The second-order valence-corrected chi connectivity index (χ2v) is 8.11. The molecule has 1 amide bonds. The normalized spacial score (nSPS) is 14.5. The first kappa shape index (κ1) is 18.6. The molecule has 1 fully saturated rings. The van der Waals surface area contributed by atoms with E-state index in [2.05, 4.69) is 15.3 Å². The molecule has 1 N–H and O–H groups in total. The summed E-state index contributed by atoms with van der Waals surface area (Å²) in [5.41, 5.74) is 1.45. The maximum Gasteiger partial charge on any atom is 0.262 e. The number of amides is 1. The first-order valence-corrected chi connectivity index (χ1v) is 10.2. The molecular weight excluding hydrogens is 376 g/mol. The predicted octanol–water partition coefficient (Wildman–Crippen LogP) is 2.95. The molecule has 8 heteroatoms. The number of carbonyl (C=O) groups excluding carboxylic acids is 1. The van der Waals surface area contributed by atoms with Crippen LogP contribution in [0.4, 0.5) is 0 Å². The smallest absolute Gasteiger partial charge is 0.262 e. The number of nitrogens with zero attached hydrogens (tertiary/aromatic N) is 3. The van der Waals surface area contributed by atoms with Crippen molar-refractivity contribution >= 4 is 27.5 Å². The highest BCUT2D eigenvalue weighted by atomic mass is 32.1. The van der Waals surface area contributed by atoms with Gasteiger partial charge in [-0.25, -0.2) is 9.97 Å². The van der Waals surface area contributed by atoms with Crippen LogP contribution in [0.2, 0.25) is 0 Å². The zero-order valence-electron chi connectivity index (χ0n) is 15.9. The molecule has 0 unspecified atom stereocenters. The number of fused-ring (bicyclic) bond motifs is 1. The number of pyridine rings is 1. The molecule has 1 saturated carbocycles. The van der Waals surface area contributed by atoms with Gasteiger partial charge in [0, 0.05) is 25.9 Å². The zero-order chi connectivity index (χ0) is 19.7. The molecule has 1 aliphatic carbocycles. The zero-order valence-corrected chi connectivity index (χ0v) is 16.7. The second-order valence-electron chi connectivity index (χ2n) is 7.11. The molecule has 0 aromatic carbocycles. The van der Waals surface area contributed by atoms with Gasteiger partial charge in [-0.15, -0.1) is 11.3 Å². The molecule has 3 aromatic rings. The third-order valence-corrected chi connectivity index (χ3v) is 6.26. The Bertz CT molecular complexity index is 1080. The van der Waals surface area contributed by atoms with Gasteiger partial charge >= 0.3 is 0 Å². The number of hydrogen-bond acceptors (Lipinski definition) is 6. The summed E-state index contributed by atoms with van der Waals surface area (Å²) in [5.74, 6) is 0.391. The van der Waals surface area contributed by atoms with Crippen molar-refractivity contribution in [2.45, 2.75) is 45.3 Å². The van der Waals surface area contributed by atoms with Gasteiger partial charge in [0.15, 0.2) is 0 Å². The van der Waals surface area contributed by atoms with Crippen LogP contribution in [0.5, 0.6) is 5.88 Å². The fraction of sp³-hybridized carbons (Fsp3) is 0.400. The van der Waals surface area contributed by atoms with Gasteiger partial charge in [0.25, 0.3) is 11.5 Å². The van der Waals surface area contributed by atoms with Gasteiger partial charge in [-0.2, -0.15) is 0 Å². The van der Waals surface area contributed by atoms with E-state index in [4.69, 9.17) is 4.74 Å². The van der Waals surface area contributed by atoms with Crippen LogP contribution in [0.25, 0.3) is 10.2 Å². The van der Waals surface area contributed by atoms with Crippen molar-refractivity contribution < 1.29 is 9.53 Å². The van der Waals surface area contributed by atoms with Gasteiger partial charge in [-0.05, 0) is 49.8 Å². The van der Waals surface area contributed by atoms with E-state index in [-0.39, 0.29) is 17.6 Å². The molecule has 0 aliphatic heterocycles. The van der Waals surface area contributed by atoms with Crippen LogP contribution in [-0.4, -0.2) is 26.5 Å². The summed E-state index contributed by atoms with van der Waals surface area (Å²) in [4.78, 5) is 34.6. The van der Waals surface area contributed by atoms with E-state index < -0.39 is 0 Å². The third kappa shape index (κ3) is 3.64. The monoisotopic (exact) mass is 398 g/mol. The summed E-state index contributed by atoms with van der Waals surface area (Å²) in [6.07, 6.45) is 7.96. The third-order valence-electron chi connectivity index (χ3n) is 5.06. The average Bonchev–Trinajstić information content (AvgIpc) is 3.31.